The molecular formula is C27H30N6O3. The number of aliphatic hydroxyl groups excluding tert-OH is 1. The molecule has 36 heavy (non-hydrogen) atoms. The summed E-state index contributed by atoms with van der Waals surface area (Å²) in [5.41, 5.74) is 2.86. The second-order valence-corrected chi connectivity index (χ2v) is 9.17. The van der Waals surface area contributed by atoms with Crippen LogP contribution in [0, 0.1) is 0 Å². The highest BCUT2D eigenvalue weighted by Crippen LogP contribution is 2.28. The zero-order valence-corrected chi connectivity index (χ0v) is 20.5. The molecule has 0 aliphatic rings. The largest absolute Gasteiger partial charge is 0.456 e. The number of carbonyl (C=O) groups is 1. The molecule has 2 heterocycles. The Balaban J connectivity index is 1.50. The Morgan fingerprint density at radius 2 is 1.78 bits per heavy atom. The molecule has 2 aromatic carbocycles. The summed E-state index contributed by atoms with van der Waals surface area (Å²) in [6, 6.07) is 19.8. The number of amides is 2. The van der Waals surface area contributed by atoms with Crippen molar-refractivity contribution in [3.8, 4) is 17.2 Å². The van der Waals surface area contributed by atoms with Gasteiger partial charge in [0.25, 0.3) is 0 Å². The van der Waals surface area contributed by atoms with Crippen LogP contribution in [-0.2, 0) is 5.41 Å². The van der Waals surface area contributed by atoms with Gasteiger partial charge in [-0.1, -0.05) is 26.8 Å². The Labute approximate surface area is 210 Å². The van der Waals surface area contributed by atoms with E-state index in [0.717, 1.165) is 17.1 Å². The fourth-order valence-corrected chi connectivity index (χ4v) is 3.41. The van der Waals surface area contributed by atoms with Crippen molar-refractivity contribution in [2.24, 2.45) is 0 Å². The number of ether oxygens (including phenoxy) is 1. The summed E-state index contributed by atoms with van der Waals surface area (Å²) < 4.78 is 7.45. The number of hydrogen-bond donors (Lipinski definition) is 4. The number of hydrogen-bond acceptors (Lipinski definition) is 6. The van der Waals surface area contributed by atoms with Gasteiger partial charge in [0, 0.05) is 35.6 Å². The van der Waals surface area contributed by atoms with Crippen molar-refractivity contribution in [2.75, 3.05) is 29.1 Å². The zero-order chi connectivity index (χ0) is 25.5. The summed E-state index contributed by atoms with van der Waals surface area (Å²) in [5, 5.41) is 22.8. The van der Waals surface area contributed by atoms with Crippen LogP contribution in [0.5, 0.6) is 11.5 Å². The van der Waals surface area contributed by atoms with Crippen molar-refractivity contribution in [1.29, 1.82) is 0 Å². The smallest absolute Gasteiger partial charge is 0.324 e. The van der Waals surface area contributed by atoms with Gasteiger partial charge in [0.05, 0.1) is 24.2 Å². The van der Waals surface area contributed by atoms with E-state index in [9.17, 15) is 4.79 Å². The van der Waals surface area contributed by atoms with Crippen LogP contribution >= 0.6 is 0 Å². The van der Waals surface area contributed by atoms with E-state index in [4.69, 9.17) is 14.9 Å². The van der Waals surface area contributed by atoms with Gasteiger partial charge in [0.1, 0.15) is 17.3 Å². The van der Waals surface area contributed by atoms with Crippen molar-refractivity contribution < 1.29 is 14.6 Å². The van der Waals surface area contributed by atoms with E-state index >= 15 is 0 Å². The van der Waals surface area contributed by atoms with E-state index in [0.29, 0.717) is 29.5 Å². The lowest BCUT2D eigenvalue weighted by Gasteiger charge is -2.14. The average molecular weight is 487 g/mol. The van der Waals surface area contributed by atoms with Crippen LogP contribution in [0.1, 0.15) is 26.5 Å². The van der Waals surface area contributed by atoms with Crippen LogP contribution in [0.3, 0.4) is 0 Å². The molecule has 4 rings (SSSR count). The van der Waals surface area contributed by atoms with Gasteiger partial charge >= 0.3 is 6.03 Å². The van der Waals surface area contributed by atoms with Gasteiger partial charge in [-0.25, -0.2) is 9.48 Å². The van der Waals surface area contributed by atoms with Crippen LogP contribution in [0.2, 0.25) is 0 Å². The summed E-state index contributed by atoms with van der Waals surface area (Å²) in [5.74, 6) is 1.80. The molecule has 2 amide bonds. The first-order valence-electron chi connectivity index (χ1n) is 11.6. The van der Waals surface area contributed by atoms with Gasteiger partial charge in [-0.05, 0) is 54.6 Å². The molecule has 0 bridgehead atoms. The number of carbonyl (C=O) groups excluding carboxylic acids is 1. The molecular weight excluding hydrogens is 456 g/mol. The van der Waals surface area contributed by atoms with Crippen LogP contribution < -0.4 is 20.7 Å². The summed E-state index contributed by atoms with van der Waals surface area (Å²) in [6.45, 7) is 6.67. The van der Waals surface area contributed by atoms with Crippen molar-refractivity contribution in [3.63, 3.8) is 0 Å². The molecule has 0 saturated carbocycles. The Kier molecular flexibility index (Phi) is 7.50. The number of rotatable bonds is 8. The third-order valence-corrected chi connectivity index (χ3v) is 5.23. The van der Waals surface area contributed by atoms with E-state index in [1.165, 1.54) is 0 Å². The third-order valence-electron chi connectivity index (χ3n) is 5.23. The second kappa shape index (κ2) is 10.9. The van der Waals surface area contributed by atoms with E-state index in [2.05, 4.69) is 41.7 Å². The standard InChI is InChI=1S/C27H30N6O3/c1-27(2,3)24-17-25(33(32-24)21-7-4-6-20(16-21)29-14-15-34)31-26(35)30-19-9-11-22(12-10-19)36-23-8-5-13-28-18-23/h4-13,16-18,29,34H,14-15H2,1-3H3,(H2,30,31,35). The molecule has 9 nitrogen and oxygen atoms in total. The maximum atomic E-state index is 12.9. The predicted molar refractivity (Wildman–Crippen MR) is 141 cm³/mol. The maximum absolute atomic E-state index is 12.9. The Bertz CT molecular complexity index is 1300. The molecule has 0 saturated heterocycles. The van der Waals surface area contributed by atoms with E-state index < -0.39 is 6.03 Å². The van der Waals surface area contributed by atoms with E-state index in [-0.39, 0.29) is 12.0 Å². The number of urea groups is 1. The first kappa shape index (κ1) is 24.7. The van der Waals surface area contributed by atoms with Crippen LogP contribution in [0.25, 0.3) is 5.69 Å². The lowest BCUT2D eigenvalue weighted by molar-refractivity contribution is 0.262. The third kappa shape index (κ3) is 6.39. The number of anilines is 3. The normalized spacial score (nSPS) is 11.1. The second-order valence-electron chi connectivity index (χ2n) is 9.17. The maximum Gasteiger partial charge on any atom is 0.324 e. The van der Waals surface area contributed by atoms with Gasteiger partial charge in [-0.2, -0.15) is 5.10 Å². The molecule has 186 valence electrons. The molecule has 0 fully saturated rings. The lowest BCUT2D eigenvalue weighted by atomic mass is 9.92. The van der Waals surface area contributed by atoms with E-state index in [1.807, 2.05) is 36.4 Å². The number of pyridine rings is 1. The average Bonchev–Trinajstić information content (AvgIpc) is 3.29. The number of benzene rings is 2. The van der Waals surface area contributed by atoms with Gasteiger partial charge in [-0.15, -0.1) is 0 Å². The summed E-state index contributed by atoms with van der Waals surface area (Å²) in [7, 11) is 0. The number of aliphatic hydroxyl groups is 1. The Morgan fingerprint density at radius 1 is 0.972 bits per heavy atom. The molecule has 0 atom stereocenters. The van der Waals surface area contributed by atoms with Crippen molar-refractivity contribution in [2.45, 2.75) is 26.2 Å². The molecule has 0 aliphatic heterocycles. The summed E-state index contributed by atoms with van der Waals surface area (Å²) >= 11 is 0. The highest BCUT2D eigenvalue weighted by molar-refractivity contribution is 5.99. The van der Waals surface area contributed by atoms with Crippen LogP contribution in [0.4, 0.5) is 22.0 Å². The molecule has 4 aromatic rings. The van der Waals surface area contributed by atoms with Gasteiger partial charge in [-0.3, -0.25) is 10.3 Å². The molecule has 4 N–H and O–H groups in total. The fraction of sp³-hybridized carbons (Fsp3) is 0.222. The number of nitrogens with zero attached hydrogens (tertiary/aromatic N) is 3. The number of aromatic nitrogens is 3. The van der Waals surface area contributed by atoms with Crippen molar-refractivity contribution in [1.82, 2.24) is 14.8 Å². The fourth-order valence-electron chi connectivity index (χ4n) is 3.41. The molecule has 2 aromatic heterocycles. The minimum atomic E-state index is -0.396. The molecule has 0 unspecified atom stereocenters. The van der Waals surface area contributed by atoms with E-state index in [1.54, 1.807) is 47.4 Å². The van der Waals surface area contributed by atoms with Gasteiger partial charge in [0.2, 0.25) is 0 Å². The van der Waals surface area contributed by atoms with Crippen molar-refractivity contribution >= 4 is 23.2 Å². The van der Waals surface area contributed by atoms with Crippen molar-refractivity contribution in [3.05, 3.63) is 84.8 Å². The highest BCUT2D eigenvalue weighted by Gasteiger charge is 2.21. The first-order chi connectivity index (χ1) is 17.3. The molecule has 0 aliphatic carbocycles. The lowest BCUT2D eigenvalue weighted by Crippen LogP contribution is -2.21. The Morgan fingerprint density at radius 3 is 2.47 bits per heavy atom. The molecule has 9 heteroatoms. The zero-order valence-electron chi connectivity index (χ0n) is 20.5. The first-order valence-corrected chi connectivity index (χ1v) is 11.6. The van der Waals surface area contributed by atoms with Gasteiger partial charge < -0.3 is 20.5 Å². The minimum Gasteiger partial charge on any atom is -0.456 e. The monoisotopic (exact) mass is 486 g/mol. The molecule has 0 radical (unpaired) electrons. The quantitative estimate of drug-likeness (QED) is 0.265. The number of nitrogens with one attached hydrogen (secondary N) is 3. The van der Waals surface area contributed by atoms with Gasteiger partial charge in [0.15, 0.2) is 0 Å². The summed E-state index contributed by atoms with van der Waals surface area (Å²) in [6.07, 6.45) is 3.31. The SMILES string of the molecule is CC(C)(C)c1cc(NC(=O)Nc2ccc(Oc3cccnc3)cc2)n(-c2cccc(NCCO)c2)n1. The minimum absolute atomic E-state index is 0.0315. The topological polar surface area (TPSA) is 113 Å². The summed E-state index contributed by atoms with van der Waals surface area (Å²) in [4.78, 5) is 16.9. The molecule has 0 spiro atoms. The Hall–Kier alpha value is -4.37. The van der Waals surface area contributed by atoms with Crippen LogP contribution in [0.15, 0.2) is 79.1 Å². The van der Waals surface area contributed by atoms with Crippen LogP contribution in [-0.4, -0.2) is 39.1 Å². The predicted octanol–water partition coefficient (Wildman–Crippen LogP) is 5.41. The highest BCUT2D eigenvalue weighted by atomic mass is 16.5.